The molecular formula is C19H30N2. The fourth-order valence-electron chi connectivity index (χ4n) is 3.95. The molecule has 1 saturated heterocycles. The van der Waals surface area contributed by atoms with Crippen LogP contribution in [0.4, 0.5) is 11.4 Å². The van der Waals surface area contributed by atoms with Crippen LogP contribution in [0, 0.1) is 5.92 Å². The summed E-state index contributed by atoms with van der Waals surface area (Å²) in [6, 6.07) is 7.68. The summed E-state index contributed by atoms with van der Waals surface area (Å²) in [6.45, 7) is 7.08. The Balaban J connectivity index is 1.69. The van der Waals surface area contributed by atoms with Crippen LogP contribution in [-0.4, -0.2) is 19.1 Å². The summed E-state index contributed by atoms with van der Waals surface area (Å²) < 4.78 is 0. The van der Waals surface area contributed by atoms with Gasteiger partial charge in [-0.3, -0.25) is 0 Å². The minimum atomic E-state index is 0.622. The molecule has 1 N–H and O–H groups in total. The van der Waals surface area contributed by atoms with Gasteiger partial charge in [0.1, 0.15) is 0 Å². The van der Waals surface area contributed by atoms with Gasteiger partial charge in [0.25, 0.3) is 0 Å². The molecule has 3 rings (SSSR count). The Hall–Kier alpha value is -1.18. The summed E-state index contributed by atoms with van der Waals surface area (Å²) in [7, 11) is 0. The first kappa shape index (κ1) is 14.7. The largest absolute Gasteiger partial charge is 0.382 e. The molecule has 0 spiro atoms. The molecule has 1 fully saturated rings. The van der Waals surface area contributed by atoms with E-state index in [0.717, 1.165) is 5.92 Å². The Morgan fingerprint density at radius 3 is 2.95 bits per heavy atom. The predicted octanol–water partition coefficient (Wildman–Crippen LogP) is 4.84. The molecule has 0 radical (unpaired) electrons. The van der Waals surface area contributed by atoms with Gasteiger partial charge in [-0.1, -0.05) is 19.8 Å². The van der Waals surface area contributed by atoms with Gasteiger partial charge in [-0.2, -0.15) is 0 Å². The van der Waals surface area contributed by atoms with Crippen molar-refractivity contribution in [3.63, 3.8) is 0 Å². The molecule has 0 aromatic heterocycles. The second-order valence-corrected chi connectivity index (χ2v) is 7.00. The molecule has 2 heteroatoms. The molecule has 116 valence electrons. The number of fused-ring (bicyclic) bond motifs is 1. The highest BCUT2D eigenvalue weighted by atomic mass is 15.1. The number of anilines is 2. The van der Waals surface area contributed by atoms with Gasteiger partial charge in [0.2, 0.25) is 0 Å². The van der Waals surface area contributed by atoms with Crippen molar-refractivity contribution in [3.8, 4) is 0 Å². The van der Waals surface area contributed by atoms with Crippen LogP contribution in [0.5, 0.6) is 0 Å². The van der Waals surface area contributed by atoms with Crippen molar-refractivity contribution in [3.05, 3.63) is 23.8 Å². The average molecular weight is 286 g/mol. The van der Waals surface area contributed by atoms with Crippen LogP contribution >= 0.6 is 0 Å². The van der Waals surface area contributed by atoms with Crippen LogP contribution in [0.15, 0.2) is 18.2 Å². The first-order chi connectivity index (χ1) is 10.3. The minimum absolute atomic E-state index is 0.622. The van der Waals surface area contributed by atoms with Crippen LogP contribution in [0.1, 0.15) is 57.9 Å². The fraction of sp³-hybridized carbons (Fsp3) is 0.684. The zero-order valence-electron chi connectivity index (χ0n) is 13.7. The van der Waals surface area contributed by atoms with Crippen LogP contribution in [0.25, 0.3) is 0 Å². The molecule has 2 aliphatic heterocycles. The molecule has 1 aromatic rings. The van der Waals surface area contributed by atoms with E-state index in [-0.39, 0.29) is 0 Å². The molecular weight excluding hydrogens is 256 g/mol. The number of hydrogen-bond acceptors (Lipinski definition) is 2. The third-order valence-corrected chi connectivity index (χ3v) is 5.25. The number of aryl methyl sites for hydroxylation is 1. The van der Waals surface area contributed by atoms with Crippen molar-refractivity contribution >= 4 is 11.4 Å². The monoisotopic (exact) mass is 286 g/mol. The Morgan fingerprint density at radius 2 is 2.10 bits per heavy atom. The van der Waals surface area contributed by atoms with E-state index >= 15 is 0 Å². The van der Waals surface area contributed by atoms with Crippen molar-refractivity contribution in [2.45, 2.75) is 64.8 Å². The lowest BCUT2D eigenvalue weighted by Gasteiger charge is -2.28. The van der Waals surface area contributed by atoms with E-state index < -0.39 is 0 Å². The Kier molecular flexibility index (Phi) is 4.72. The molecule has 0 saturated carbocycles. The van der Waals surface area contributed by atoms with E-state index in [1.165, 1.54) is 75.0 Å². The molecule has 2 atom stereocenters. The van der Waals surface area contributed by atoms with Gasteiger partial charge < -0.3 is 10.2 Å². The standard InChI is InChI=1S/C19H30N2/c1-3-5-16-6-4-12-21(13-11-16)18-9-10-19-17(14-18)8-7-15(2)20-19/h9-10,14-16,20H,3-8,11-13H2,1-2H3. The molecule has 0 aliphatic carbocycles. The fourth-order valence-corrected chi connectivity index (χ4v) is 3.95. The zero-order chi connectivity index (χ0) is 14.7. The summed E-state index contributed by atoms with van der Waals surface area (Å²) in [6.07, 6.45) is 9.40. The highest BCUT2D eigenvalue weighted by Crippen LogP contribution is 2.31. The summed E-state index contributed by atoms with van der Waals surface area (Å²) in [5.74, 6) is 0.958. The first-order valence-corrected chi connectivity index (χ1v) is 8.90. The predicted molar refractivity (Wildman–Crippen MR) is 92.3 cm³/mol. The van der Waals surface area contributed by atoms with Crippen molar-refractivity contribution in [1.29, 1.82) is 0 Å². The van der Waals surface area contributed by atoms with Crippen LogP contribution in [-0.2, 0) is 6.42 Å². The van der Waals surface area contributed by atoms with E-state index in [2.05, 4.69) is 42.3 Å². The van der Waals surface area contributed by atoms with Crippen molar-refractivity contribution < 1.29 is 0 Å². The van der Waals surface area contributed by atoms with Crippen LogP contribution in [0.2, 0.25) is 0 Å². The zero-order valence-corrected chi connectivity index (χ0v) is 13.7. The quantitative estimate of drug-likeness (QED) is 0.855. The number of hydrogen-bond donors (Lipinski definition) is 1. The van der Waals surface area contributed by atoms with Gasteiger partial charge >= 0.3 is 0 Å². The third kappa shape index (κ3) is 3.53. The van der Waals surface area contributed by atoms with Crippen molar-refractivity contribution in [2.24, 2.45) is 5.92 Å². The molecule has 2 aliphatic rings. The maximum absolute atomic E-state index is 3.61. The normalized spacial score (nSPS) is 25.9. The van der Waals surface area contributed by atoms with Gasteiger partial charge in [0.05, 0.1) is 0 Å². The molecule has 2 nitrogen and oxygen atoms in total. The second kappa shape index (κ2) is 6.72. The first-order valence-electron chi connectivity index (χ1n) is 8.90. The van der Waals surface area contributed by atoms with Gasteiger partial charge in [-0.25, -0.2) is 0 Å². The Labute approximate surface area is 129 Å². The molecule has 0 bridgehead atoms. The van der Waals surface area contributed by atoms with Crippen LogP contribution in [0.3, 0.4) is 0 Å². The summed E-state index contributed by atoms with van der Waals surface area (Å²) in [5, 5.41) is 3.61. The lowest BCUT2D eigenvalue weighted by molar-refractivity contribution is 0.435. The van der Waals surface area contributed by atoms with Gasteiger partial charge in [-0.05, 0) is 68.7 Å². The van der Waals surface area contributed by atoms with Crippen LogP contribution < -0.4 is 10.2 Å². The van der Waals surface area contributed by atoms with Crippen molar-refractivity contribution in [2.75, 3.05) is 23.3 Å². The molecule has 2 unspecified atom stereocenters. The SMILES string of the molecule is CCCC1CCCN(c2ccc3c(c2)CCC(C)N3)CC1. The van der Waals surface area contributed by atoms with E-state index in [0.29, 0.717) is 6.04 Å². The van der Waals surface area contributed by atoms with Crippen molar-refractivity contribution in [1.82, 2.24) is 0 Å². The lowest BCUT2D eigenvalue weighted by atomic mass is 9.96. The second-order valence-electron chi connectivity index (χ2n) is 7.00. The smallest absolute Gasteiger partial charge is 0.0376 e. The van der Waals surface area contributed by atoms with Gasteiger partial charge in [0.15, 0.2) is 0 Å². The molecule has 0 amide bonds. The molecule has 2 heterocycles. The maximum Gasteiger partial charge on any atom is 0.0376 e. The highest BCUT2D eigenvalue weighted by molar-refractivity contribution is 5.62. The van der Waals surface area contributed by atoms with E-state index in [1.54, 1.807) is 0 Å². The number of benzene rings is 1. The van der Waals surface area contributed by atoms with E-state index in [1.807, 2.05) is 0 Å². The molecule has 21 heavy (non-hydrogen) atoms. The number of nitrogens with zero attached hydrogens (tertiary/aromatic N) is 1. The minimum Gasteiger partial charge on any atom is -0.382 e. The third-order valence-electron chi connectivity index (χ3n) is 5.25. The van der Waals surface area contributed by atoms with E-state index in [4.69, 9.17) is 0 Å². The van der Waals surface area contributed by atoms with E-state index in [9.17, 15) is 0 Å². The summed E-state index contributed by atoms with van der Waals surface area (Å²) in [5.41, 5.74) is 4.32. The average Bonchev–Trinajstić information content (AvgIpc) is 2.73. The topological polar surface area (TPSA) is 15.3 Å². The summed E-state index contributed by atoms with van der Waals surface area (Å²) >= 11 is 0. The maximum atomic E-state index is 3.61. The highest BCUT2D eigenvalue weighted by Gasteiger charge is 2.19. The number of nitrogens with one attached hydrogen (secondary N) is 1. The summed E-state index contributed by atoms with van der Waals surface area (Å²) in [4.78, 5) is 2.62. The van der Waals surface area contributed by atoms with Gasteiger partial charge in [0, 0.05) is 30.5 Å². The van der Waals surface area contributed by atoms with Gasteiger partial charge in [-0.15, -0.1) is 0 Å². The molecule has 1 aromatic carbocycles. The lowest BCUT2D eigenvalue weighted by Crippen LogP contribution is -2.26. The Bertz CT molecular complexity index is 469. The number of rotatable bonds is 3. The Morgan fingerprint density at radius 1 is 1.19 bits per heavy atom.